The molecule has 0 aliphatic carbocycles. The molecule has 0 unspecified atom stereocenters. The van der Waals surface area contributed by atoms with Crippen molar-refractivity contribution in [2.75, 3.05) is 31.1 Å². The van der Waals surface area contributed by atoms with Gasteiger partial charge in [0, 0.05) is 47.8 Å². The summed E-state index contributed by atoms with van der Waals surface area (Å²) in [5.41, 5.74) is 0.644. The Kier molecular flexibility index (Phi) is 5.24. The normalized spacial score (nSPS) is 15.6. The number of anilines is 1. The van der Waals surface area contributed by atoms with E-state index in [1.54, 1.807) is 4.90 Å². The van der Waals surface area contributed by atoms with E-state index >= 15 is 0 Å². The minimum atomic E-state index is -4.40. The number of rotatable bonds is 2. The number of aromatic nitrogens is 2. The third-order valence-corrected chi connectivity index (χ3v) is 5.49. The lowest BCUT2D eigenvalue weighted by Crippen LogP contribution is -2.35. The summed E-state index contributed by atoms with van der Waals surface area (Å²) in [6.07, 6.45) is -2.84. The molecule has 1 fully saturated rings. The summed E-state index contributed by atoms with van der Waals surface area (Å²) in [7, 11) is 0. The highest BCUT2D eigenvalue weighted by Gasteiger charge is 2.31. The first-order valence-electron chi connectivity index (χ1n) is 9.17. The Morgan fingerprint density at radius 2 is 1.90 bits per heavy atom. The van der Waals surface area contributed by atoms with Gasteiger partial charge in [-0.1, -0.05) is 22.0 Å². The maximum atomic E-state index is 12.9. The number of alkyl halides is 3. The zero-order chi connectivity index (χ0) is 20.6. The Balaban J connectivity index is 1.46. The molecule has 0 radical (unpaired) electrons. The molecule has 2 aromatic heterocycles. The van der Waals surface area contributed by atoms with Crippen molar-refractivity contribution >= 4 is 38.6 Å². The molecule has 1 N–H and O–H groups in total. The first-order chi connectivity index (χ1) is 13.8. The molecule has 0 spiro atoms. The number of hydrogen-bond donors (Lipinski definition) is 1. The lowest BCUT2D eigenvalue weighted by atomic mass is 10.2. The number of nitrogens with one attached hydrogen (secondary N) is 1. The predicted octanol–water partition coefficient (Wildman–Crippen LogP) is 4.70. The number of hydrogen-bond acceptors (Lipinski definition) is 3. The van der Waals surface area contributed by atoms with Gasteiger partial charge in [-0.05, 0) is 36.8 Å². The van der Waals surface area contributed by atoms with Crippen LogP contribution in [-0.4, -0.2) is 47.0 Å². The second kappa shape index (κ2) is 7.70. The van der Waals surface area contributed by atoms with Crippen molar-refractivity contribution in [3.63, 3.8) is 0 Å². The molecule has 152 valence electrons. The molecule has 1 amide bonds. The number of halogens is 4. The molecule has 0 bridgehead atoms. The largest absolute Gasteiger partial charge is 0.417 e. The number of fused-ring (bicyclic) bond motifs is 1. The lowest BCUT2D eigenvalue weighted by Gasteiger charge is -2.23. The van der Waals surface area contributed by atoms with Crippen molar-refractivity contribution in [2.45, 2.75) is 12.6 Å². The Labute approximate surface area is 173 Å². The molecule has 0 atom stereocenters. The van der Waals surface area contributed by atoms with Crippen LogP contribution in [0.5, 0.6) is 0 Å². The van der Waals surface area contributed by atoms with Crippen LogP contribution in [0.25, 0.3) is 10.9 Å². The first kappa shape index (κ1) is 19.8. The van der Waals surface area contributed by atoms with Gasteiger partial charge >= 0.3 is 6.18 Å². The van der Waals surface area contributed by atoms with Crippen LogP contribution < -0.4 is 4.90 Å². The van der Waals surface area contributed by atoms with E-state index in [-0.39, 0.29) is 5.91 Å². The molecule has 4 rings (SSSR count). The molecule has 3 heterocycles. The van der Waals surface area contributed by atoms with E-state index in [4.69, 9.17) is 0 Å². The van der Waals surface area contributed by atoms with Gasteiger partial charge in [-0.2, -0.15) is 13.2 Å². The number of carbonyl (C=O) groups is 1. The fraction of sp³-hybridized carbons (Fsp3) is 0.300. The van der Waals surface area contributed by atoms with Gasteiger partial charge in [0.1, 0.15) is 11.5 Å². The summed E-state index contributed by atoms with van der Waals surface area (Å²) in [6, 6.07) is 10.0. The van der Waals surface area contributed by atoms with E-state index in [2.05, 4.69) is 25.9 Å². The summed E-state index contributed by atoms with van der Waals surface area (Å²) in [6.45, 7) is 2.19. The molecule has 29 heavy (non-hydrogen) atoms. The van der Waals surface area contributed by atoms with Crippen LogP contribution in [0.4, 0.5) is 19.0 Å². The summed E-state index contributed by atoms with van der Waals surface area (Å²) in [4.78, 5) is 23.7. The van der Waals surface area contributed by atoms with E-state index in [1.165, 1.54) is 6.07 Å². The molecule has 1 aliphatic rings. The van der Waals surface area contributed by atoms with Crippen molar-refractivity contribution in [3.05, 3.63) is 58.3 Å². The summed E-state index contributed by atoms with van der Waals surface area (Å²) in [5, 5.41) is 0.960. The standard InChI is InChI=1S/C20H18BrF3N4O/c21-15-4-2-13-10-17(26-16(13)11-15)19(29)28-7-1-6-27(8-9-28)18-5-3-14(12-25-18)20(22,23)24/h2-5,10-12,26H,1,6-9H2. The van der Waals surface area contributed by atoms with Crippen LogP contribution in [-0.2, 0) is 6.18 Å². The van der Waals surface area contributed by atoms with E-state index in [0.717, 1.165) is 27.6 Å². The molecule has 1 aromatic carbocycles. The van der Waals surface area contributed by atoms with Gasteiger partial charge < -0.3 is 14.8 Å². The number of aromatic amines is 1. The molecule has 0 saturated carbocycles. The maximum absolute atomic E-state index is 12.9. The predicted molar refractivity (Wildman–Crippen MR) is 108 cm³/mol. The Morgan fingerprint density at radius 3 is 2.62 bits per heavy atom. The minimum absolute atomic E-state index is 0.0837. The third-order valence-electron chi connectivity index (χ3n) is 5.00. The number of H-pyrrole nitrogens is 1. The topological polar surface area (TPSA) is 52.2 Å². The van der Waals surface area contributed by atoms with E-state index in [9.17, 15) is 18.0 Å². The van der Waals surface area contributed by atoms with Crippen molar-refractivity contribution < 1.29 is 18.0 Å². The zero-order valence-electron chi connectivity index (χ0n) is 15.3. The first-order valence-corrected chi connectivity index (χ1v) is 9.96. The van der Waals surface area contributed by atoms with Crippen LogP contribution in [0.1, 0.15) is 22.5 Å². The fourth-order valence-corrected chi connectivity index (χ4v) is 3.84. The second-order valence-electron chi connectivity index (χ2n) is 6.95. The maximum Gasteiger partial charge on any atom is 0.417 e. The van der Waals surface area contributed by atoms with Crippen molar-refractivity contribution in [1.82, 2.24) is 14.9 Å². The lowest BCUT2D eigenvalue weighted by molar-refractivity contribution is -0.137. The van der Waals surface area contributed by atoms with Crippen molar-refractivity contribution in [2.24, 2.45) is 0 Å². The number of pyridine rings is 1. The Bertz CT molecular complexity index is 1030. The van der Waals surface area contributed by atoms with E-state index < -0.39 is 11.7 Å². The molecular weight excluding hydrogens is 449 g/mol. The summed E-state index contributed by atoms with van der Waals surface area (Å²) < 4.78 is 39.1. The smallest absolute Gasteiger partial charge is 0.355 e. The molecule has 1 aliphatic heterocycles. The number of carbonyl (C=O) groups excluding carboxylic acids is 1. The van der Waals surface area contributed by atoms with Gasteiger partial charge in [-0.25, -0.2) is 4.98 Å². The Morgan fingerprint density at radius 1 is 1.07 bits per heavy atom. The van der Waals surface area contributed by atoms with Gasteiger partial charge in [0.25, 0.3) is 5.91 Å². The highest BCUT2D eigenvalue weighted by Crippen LogP contribution is 2.29. The van der Waals surface area contributed by atoms with Gasteiger partial charge in [-0.15, -0.1) is 0 Å². The number of nitrogens with zero attached hydrogens (tertiary/aromatic N) is 3. The van der Waals surface area contributed by atoms with Crippen LogP contribution in [0.15, 0.2) is 47.1 Å². The average molecular weight is 467 g/mol. The fourth-order valence-electron chi connectivity index (χ4n) is 3.48. The number of benzene rings is 1. The van der Waals surface area contributed by atoms with Crippen molar-refractivity contribution in [1.29, 1.82) is 0 Å². The highest BCUT2D eigenvalue weighted by molar-refractivity contribution is 9.10. The van der Waals surface area contributed by atoms with Gasteiger partial charge in [0.15, 0.2) is 0 Å². The second-order valence-corrected chi connectivity index (χ2v) is 7.87. The quantitative estimate of drug-likeness (QED) is 0.595. The summed E-state index contributed by atoms with van der Waals surface area (Å²) in [5.74, 6) is 0.405. The zero-order valence-corrected chi connectivity index (χ0v) is 16.9. The third kappa shape index (κ3) is 4.24. The van der Waals surface area contributed by atoms with E-state index in [1.807, 2.05) is 29.2 Å². The highest BCUT2D eigenvalue weighted by atomic mass is 79.9. The van der Waals surface area contributed by atoms with Gasteiger partial charge in [0.05, 0.1) is 5.56 Å². The molecular formula is C20H18BrF3N4O. The van der Waals surface area contributed by atoms with Crippen molar-refractivity contribution in [3.8, 4) is 0 Å². The Hall–Kier alpha value is -2.55. The average Bonchev–Trinajstić information content (AvgIpc) is 2.95. The monoisotopic (exact) mass is 466 g/mol. The minimum Gasteiger partial charge on any atom is -0.355 e. The van der Waals surface area contributed by atoms with Crippen LogP contribution in [0.2, 0.25) is 0 Å². The van der Waals surface area contributed by atoms with Crippen LogP contribution in [0, 0.1) is 0 Å². The SMILES string of the molecule is O=C(c1cc2ccc(Br)cc2[nH]1)N1CCCN(c2ccc(C(F)(F)F)cn2)CC1. The molecule has 9 heteroatoms. The molecule has 5 nitrogen and oxygen atoms in total. The van der Waals surface area contributed by atoms with Gasteiger partial charge in [0.2, 0.25) is 0 Å². The van der Waals surface area contributed by atoms with E-state index in [0.29, 0.717) is 44.1 Å². The summed E-state index contributed by atoms with van der Waals surface area (Å²) >= 11 is 3.42. The van der Waals surface area contributed by atoms with Crippen LogP contribution in [0.3, 0.4) is 0 Å². The molecule has 3 aromatic rings. The van der Waals surface area contributed by atoms with Gasteiger partial charge in [-0.3, -0.25) is 4.79 Å². The number of amides is 1. The molecule has 1 saturated heterocycles. The van der Waals surface area contributed by atoms with Crippen LogP contribution >= 0.6 is 15.9 Å².